The Labute approximate surface area is 112 Å². The highest BCUT2D eigenvalue weighted by Gasteiger charge is 2.51. The first-order chi connectivity index (χ1) is 9.29. The zero-order valence-corrected chi connectivity index (χ0v) is 10.7. The highest BCUT2D eigenvalue weighted by molar-refractivity contribution is 5.93. The molecule has 0 spiro atoms. The second kappa shape index (κ2) is 5.28. The molecule has 0 radical (unpaired) electrons. The van der Waals surface area contributed by atoms with Gasteiger partial charge in [0, 0.05) is 31.5 Å². The number of pyridine rings is 1. The van der Waals surface area contributed by atoms with E-state index in [9.17, 15) is 22.8 Å². The van der Waals surface area contributed by atoms with Gasteiger partial charge in [0.15, 0.2) is 0 Å². The van der Waals surface area contributed by atoms with Crippen molar-refractivity contribution < 1.29 is 18.0 Å². The van der Waals surface area contributed by atoms with E-state index >= 15 is 0 Å². The molecule has 5 nitrogen and oxygen atoms in total. The minimum absolute atomic E-state index is 0.0146. The number of carbonyl (C=O) groups excluding carboxylic acids is 1. The molecule has 20 heavy (non-hydrogen) atoms. The Morgan fingerprint density at radius 2 is 2.15 bits per heavy atom. The Morgan fingerprint density at radius 3 is 2.75 bits per heavy atom. The van der Waals surface area contributed by atoms with Gasteiger partial charge < -0.3 is 15.2 Å². The first kappa shape index (κ1) is 14.6. The lowest BCUT2D eigenvalue weighted by molar-refractivity contribution is -0.182. The fraction of sp³-hybridized carbons (Fsp3) is 0.500. The van der Waals surface area contributed by atoms with Crippen molar-refractivity contribution in [3.8, 4) is 0 Å². The molecule has 2 unspecified atom stereocenters. The Bertz CT molecular complexity index is 555. The van der Waals surface area contributed by atoms with Gasteiger partial charge in [-0.2, -0.15) is 13.2 Å². The number of H-pyrrole nitrogens is 1. The van der Waals surface area contributed by atoms with Gasteiger partial charge in [-0.05, 0) is 7.05 Å². The summed E-state index contributed by atoms with van der Waals surface area (Å²) in [7, 11) is 1.53. The number of aromatic nitrogens is 1. The lowest BCUT2D eigenvalue weighted by atomic mass is 9.94. The van der Waals surface area contributed by atoms with Gasteiger partial charge in [0.2, 0.25) is 11.3 Å². The summed E-state index contributed by atoms with van der Waals surface area (Å²) in [4.78, 5) is 27.5. The van der Waals surface area contributed by atoms with E-state index in [0.29, 0.717) is 0 Å². The van der Waals surface area contributed by atoms with E-state index in [4.69, 9.17) is 0 Å². The molecule has 0 aromatic carbocycles. The summed E-state index contributed by atoms with van der Waals surface area (Å²) in [6, 6.07) is 1.19. The molecule has 8 heteroatoms. The standard InChI is InChI=1S/C12H14F3N3O2/c1-18-5-7(8(6-18)12(13,14)15)11(20)17-9-4-16-3-2-10(9)19/h2-4,7-8H,5-6H2,1H3,(H,16,19)(H,17,20). The third-order valence-corrected chi connectivity index (χ3v) is 3.34. The number of rotatable bonds is 2. The van der Waals surface area contributed by atoms with Crippen molar-refractivity contribution in [1.29, 1.82) is 0 Å². The third-order valence-electron chi connectivity index (χ3n) is 3.34. The molecule has 1 fully saturated rings. The average molecular weight is 289 g/mol. The maximum atomic E-state index is 12.9. The molecule has 1 aromatic rings. The van der Waals surface area contributed by atoms with Crippen molar-refractivity contribution in [2.75, 3.05) is 25.5 Å². The van der Waals surface area contributed by atoms with E-state index in [1.807, 2.05) is 0 Å². The minimum atomic E-state index is -4.43. The van der Waals surface area contributed by atoms with Gasteiger partial charge in [0.05, 0.1) is 11.8 Å². The van der Waals surface area contributed by atoms with Gasteiger partial charge in [0.25, 0.3) is 0 Å². The molecule has 2 atom stereocenters. The molecular formula is C12H14F3N3O2. The van der Waals surface area contributed by atoms with Crippen LogP contribution < -0.4 is 10.7 Å². The van der Waals surface area contributed by atoms with Gasteiger partial charge in [-0.1, -0.05) is 0 Å². The van der Waals surface area contributed by atoms with Gasteiger partial charge in [-0.25, -0.2) is 0 Å². The minimum Gasteiger partial charge on any atom is -0.366 e. The molecule has 2 rings (SSSR count). The number of hydrogen-bond acceptors (Lipinski definition) is 3. The smallest absolute Gasteiger partial charge is 0.366 e. The average Bonchev–Trinajstić information content (AvgIpc) is 2.74. The molecular weight excluding hydrogens is 275 g/mol. The summed E-state index contributed by atoms with van der Waals surface area (Å²) < 4.78 is 38.7. The number of alkyl halides is 3. The van der Waals surface area contributed by atoms with Crippen LogP contribution in [0, 0.1) is 11.8 Å². The first-order valence-electron chi connectivity index (χ1n) is 6.02. The molecule has 1 amide bonds. The quantitative estimate of drug-likeness (QED) is 0.855. The predicted octanol–water partition coefficient (Wildman–Crippen LogP) is 1.05. The molecule has 0 aliphatic carbocycles. The molecule has 1 aliphatic heterocycles. The highest BCUT2D eigenvalue weighted by Crippen LogP contribution is 2.37. The maximum absolute atomic E-state index is 12.9. The summed E-state index contributed by atoms with van der Waals surface area (Å²) in [5.41, 5.74) is -0.500. The summed E-state index contributed by atoms with van der Waals surface area (Å²) >= 11 is 0. The van der Waals surface area contributed by atoms with E-state index < -0.39 is 29.3 Å². The van der Waals surface area contributed by atoms with Crippen molar-refractivity contribution in [3.05, 3.63) is 28.7 Å². The van der Waals surface area contributed by atoms with Crippen LogP contribution in [0.5, 0.6) is 0 Å². The normalized spacial score (nSPS) is 23.8. The van der Waals surface area contributed by atoms with Crippen LogP contribution in [0.2, 0.25) is 0 Å². The lowest BCUT2D eigenvalue weighted by Crippen LogP contribution is -2.37. The number of nitrogens with zero attached hydrogens (tertiary/aromatic N) is 1. The predicted molar refractivity (Wildman–Crippen MR) is 66.2 cm³/mol. The van der Waals surface area contributed by atoms with Crippen molar-refractivity contribution >= 4 is 11.6 Å². The number of halogens is 3. The van der Waals surface area contributed by atoms with Crippen LogP contribution in [0.4, 0.5) is 18.9 Å². The van der Waals surface area contributed by atoms with Crippen LogP contribution in [0.15, 0.2) is 23.3 Å². The summed E-state index contributed by atoms with van der Waals surface area (Å²) in [5.74, 6) is -3.71. The zero-order chi connectivity index (χ0) is 14.9. The van der Waals surface area contributed by atoms with Crippen molar-refractivity contribution in [2.24, 2.45) is 11.8 Å². The number of aromatic amines is 1. The van der Waals surface area contributed by atoms with E-state index in [1.54, 1.807) is 0 Å². The van der Waals surface area contributed by atoms with Crippen molar-refractivity contribution in [3.63, 3.8) is 0 Å². The van der Waals surface area contributed by atoms with Crippen molar-refractivity contribution in [1.82, 2.24) is 9.88 Å². The second-order valence-electron chi connectivity index (χ2n) is 4.89. The molecule has 1 saturated heterocycles. The Hall–Kier alpha value is -1.83. The zero-order valence-electron chi connectivity index (χ0n) is 10.7. The molecule has 2 heterocycles. The SMILES string of the molecule is CN1CC(C(=O)Nc2c[nH]ccc2=O)C(C(F)(F)F)C1. The summed E-state index contributed by atoms with van der Waals surface area (Å²) in [6.45, 7) is -0.201. The molecule has 1 aromatic heterocycles. The number of anilines is 1. The third kappa shape index (κ3) is 3.01. The maximum Gasteiger partial charge on any atom is 0.393 e. The number of amides is 1. The fourth-order valence-electron chi connectivity index (χ4n) is 2.34. The van der Waals surface area contributed by atoms with Crippen LogP contribution in [0.1, 0.15) is 0 Å². The van der Waals surface area contributed by atoms with E-state index in [-0.39, 0.29) is 18.8 Å². The van der Waals surface area contributed by atoms with E-state index in [1.165, 1.54) is 30.4 Å². The molecule has 110 valence electrons. The van der Waals surface area contributed by atoms with Crippen LogP contribution >= 0.6 is 0 Å². The first-order valence-corrected chi connectivity index (χ1v) is 6.02. The summed E-state index contributed by atoms with van der Waals surface area (Å²) in [5, 5.41) is 2.27. The highest BCUT2D eigenvalue weighted by atomic mass is 19.4. The van der Waals surface area contributed by atoms with Crippen molar-refractivity contribution in [2.45, 2.75) is 6.18 Å². The number of nitrogens with one attached hydrogen (secondary N) is 2. The molecule has 0 bridgehead atoms. The van der Waals surface area contributed by atoms with Gasteiger partial charge >= 0.3 is 6.18 Å². The van der Waals surface area contributed by atoms with Crippen LogP contribution in [-0.4, -0.2) is 42.1 Å². The summed E-state index contributed by atoms with van der Waals surface area (Å²) in [6.07, 6.45) is -1.81. The lowest BCUT2D eigenvalue weighted by Gasteiger charge is -2.20. The van der Waals surface area contributed by atoms with Gasteiger partial charge in [-0.3, -0.25) is 9.59 Å². The van der Waals surface area contributed by atoms with Crippen LogP contribution in [0.3, 0.4) is 0 Å². The van der Waals surface area contributed by atoms with Gasteiger partial charge in [-0.15, -0.1) is 0 Å². The fourth-order valence-corrected chi connectivity index (χ4v) is 2.34. The van der Waals surface area contributed by atoms with Crippen LogP contribution in [-0.2, 0) is 4.79 Å². The monoisotopic (exact) mass is 289 g/mol. The number of likely N-dealkylation sites (tertiary alicyclic amines) is 1. The van der Waals surface area contributed by atoms with E-state index in [2.05, 4.69) is 10.3 Å². The van der Waals surface area contributed by atoms with Gasteiger partial charge in [0.1, 0.15) is 5.69 Å². The number of carbonyl (C=O) groups is 1. The second-order valence-corrected chi connectivity index (χ2v) is 4.89. The molecule has 2 N–H and O–H groups in total. The Morgan fingerprint density at radius 1 is 1.45 bits per heavy atom. The van der Waals surface area contributed by atoms with Crippen LogP contribution in [0.25, 0.3) is 0 Å². The molecule has 0 saturated carbocycles. The number of hydrogen-bond donors (Lipinski definition) is 2. The van der Waals surface area contributed by atoms with E-state index in [0.717, 1.165) is 0 Å². The Balaban J connectivity index is 2.16. The largest absolute Gasteiger partial charge is 0.393 e. The topological polar surface area (TPSA) is 65.2 Å². The molecule has 1 aliphatic rings. The Kier molecular flexibility index (Phi) is 3.85.